The second-order valence-electron chi connectivity index (χ2n) is 4.18. The molecule has 0 spiro atoms. The van der Waals surface area contributed by atoms with Gasteiger partial charge in [-0.1, -0.05) is 18.2 Å². The molecule has 4 nitrogen and oxygen atoms in total. The number of ketones is 1. The van der Waals surface area contributed by atoms with Gasteiger partial charge in [0.1, 0.15) is 5.00 Å². The molecule has 0 saturated carbocycles. The average Bonchev–Trinajstić information content (AvgIpc) is 2.65. The van der Waals surface area contributed by atoms with E-state index in [-0.39, 0.29) is 10.7 Å². The Bertz CT molecular complexity index is 751. The zero-order chi connectivity index (χ0) is 14.9. The summed E-state index contributed by atoms with van der Waals surface area (Å²) in [5, 5.41) is 0.339. The molecule has 0 unspecified atom stereocenters. The van der Waals surface area contributed by atoms with Crippen molar-refractivity contribution in [3.63, 3.8) is 0 Å². The van der Waals surface area contributed by atoms with Crippen molar-refractivity contribution >= 4 is 48.1 Å². The van der Waals surface area contributed by atoms with E-state index in [1.165, 1.54) is 30.4 Å². The van der Waals surface area contributed by atoms with Crippen LogP contribution in [-0.2, 0) is 10.0 Å². The highest BCUT2D eigenvalue weighted by atomic mass is 79.9. The van der Waals surface area contributed by atoms with Crippen LogP contribution in [0.15, 0.2) is 39.0 Å². The molecule has 0 atom stereocenters. The molecule has 106 valence electrons. The fraction of sp³-hybridized carbons (Fsp3) is 0.154. The fourth-order valence-corrected chi connectivity index (χ4v) is 4.75. The van der Waals surface area contributed by atoms with E-state index < -0.39 is 10.0 Å². The number of hydrogen-bond acceptors (Lipinski definition) is 4. The van der Waals surface area contributed by atoms with Gasteiger partial charge in [0.25, 0.3) is 10.0 Å². The standard InChI is InChI=1S/C13H12BrNO3S2/c1-8-11(9(2)16)13(19-12(8)14)15-20(17,18)10-6-4-3-5-7-10/h3-7,15H,1-2H3. The summed E-state index contributed by atoms with van der Waals surface area (Å²) < 4.78 is 27.8. The third-order valence-electron chi connectivity index (χ3n) is 2.72. The summed E-state index contributed by atoms with van der Waals surface area (Å²) in [7, 11) is -3.69. The first-order chi connectivity index (χ1) is 9.33. The van der Waals surface area contributed by atoms with Crippen LogP contribution in [0.25, 0.3) is 0 Å². The zero-order valence-electron chi connectivity index (χ0n) is 10.8. The highest BCUT2D eigenvalue weighted by Gasteiger charge is 2.22. The van der Waals surface area contributed by atoms with Gasteiger partial charge in [-0.2, -0.15) is 0 Å². The maximum Gasteiger partial charge on any atom is 0.262 e. The van der Waals surface area contributed by atoms with Crippen molar-refractivity contribution in [3.8, 4) is 0 Å². The Kier molecular flexibility index (Phi) is 4.31. The van der Waals surface area contributed by atoms with E-state index in [1.807, 2.05) is 0 Å². The van der Waals surface area contributed by atoms with Crippen molar-refractivity contribution in [1.82, 2.24) is 0 Å². The summed E-state index contributed by atoms with van der Waals surface area (Å²) in [6, 6.07) is 8.05. The molecule has 20 heavy (non-hydrogen) atoms. The van der Waals surface area contributed by atoms with E-state index in [4.69, 9.17) is 0 Å². The average molecular weight is 374 g/mol. The Hall–Kier alpha value is -1.18. The lowest BCUT2D eigenvalue weighted by Crippen LogP contribution is -2.13. The number of sulfonamides is 1. The third kappa shape index (κ3) is 2.94. The number of rotatable bonds is 4. The smallest absolute Gasteiger partial charge is 0.262 e. The molecule has 0 aliphatic heterocycles. The van der Waals surface area contributed by atoms with Crippen molar-refractivity contribution < 1.29 is 13.2 Å². The topological polar surface area (TPSA) is 63.2 Å². The normalized spacial score (nSPS) is 11.3. The maximum atomic E-state index is 12.3. The van der Waals surface area contributed by atoms with E-state index >= 15 is 0 Å². The minimum absolute atomic E-state index is 0.164. The Morgan fingerprint density at radius 3 is 2.40 bits per heavy atom. The van der Waals surface area contributed by atoms with Gasteiger partial charge in [-0.3, -0.25) is 9.52 Å². The van der Waals surface area contributed by atoms with Gasteiger partial charge in [0.2, 0.25) is 0 Å². The van der Waals surface area contributed by atoms with Crippen LogP contribution in [0.5, 0.6) is 0 Å². The molecular weight excluding hydrogens is 362 g/mol. The molecule has 2 rings (SSSR count). The monoisotopic (exact) mass is 373 g/mol. The second-order valence-corrected chi connectivity index (χ2v) is 8.20. The summed E-state index contributed by atoms with van der Waals surface area (Å²) in [4.78, 5) is 11.8. The minimum atomic E-state index is -3.69. The van der Waals surface area contributed by atoms with Gasteiger partial charge in [-0.05, 0) is 47.5 Å². The number of halogens is 1. The number of carbonyl (C=O) groups is 1. The SMILES string of the molecule is CC(=O)c1c(NS(=O)(=O)c2ccccc2)sc(Br)c1C. The summed E-state index contributed by atoms with van der Waals surface area (Å²) in [5.74, 6) is -0.171. The third-order valence-corrected chi connectivity index (χ3v) is 6.29. The van der Waals surface area contributed by atoms with Crippen molar-refractivity contribution in [1.29, 1.82) is 0 Å². The van der Waals surface area contributed by atoms with Gasteiger partial charge in [0, 0.05) is 0 Å². The molecule has 0 bridgehead atoms. The maximum absolute atomic E-state index is 12.3. The van der Waals surface area contributed by atoms with Crippen LogP contribution >= 0.6 is 27.3 Å². The molecule has 0 aliphatic carbocycles. The molecule has 7 heteroatoms. The molecule has 2 aromatic rings. The summed E-state index contributed by atoms with van der Waals surface area (Å²) in [6.07, 6.45) is 0. The van der Waals surface area contributed by atoms with E-state index in [9.17, 15) is 13.2 Å². The van der Waals surface area contributed by atoms with Crippen LogP contribution in [0.3, 0.4) is 0 Å². The zero-order valence-corrected chi connectivity index (χ0v) is 14.0. The number of carbonyl (C=O) groups excluding carboxylic acids is 1. The summed E-state index contributed by atoms with van der Waals surface area (Å²) in [5.41, 5.74) is 1.15. The number of benzene rings is 1. The van der Waals surface area contributed by atoms with Crippen LogP contribution in [0.1, 0.15) is 22.8 Å². The molecule has 0 radical (unpaired) electrons. The van der Waals surface area contributed by atoms with Gasteiger partial charge in [-0.15, -0.1) is 11.3 Å². The number of hydrogen-bond donors (Lipinski definition) is 1. The molecule has 0 fully saturated rings. The molecule has 1 heterocycles. The number of anilines is 1. The first kappa shape index (κ1) is 15.2. The Morgan fingerprint density at radius 2 is 1.85 bits per heavy atom. The number of thiophene rings is 1. The quantitative estimate of drug-likeness (QED) is 0.828. The fourth-order valence-electron chi connectivity index (χ4n) is 1.76. The lowest BCUT2D eigenvalue weighted by atomic mass is 10.1. The molecule has 0 saturated heterocycles. The summed E-state index contributed by atoms with van der Waals surface area (Å²) >= 11 is 4.53. The first-order valence-corrected chi connectivity index (χ1v) is 8.80. The van der Waals surface area contributed by atoms with Gasteiger partial charge >= 0.3 is 0 Å². The van der Waals surface area contributed by atoms with Crippen molar-refractivity contribution in [2.24, 2.45) is 0 Å². The van der Waals surface area contributed by atoms with Gasteiger partial charge in [0.15, 0.2) is 5.78 Å². The second kappa shape index (κ2) is 5.67. The van der Waals surface area contributed by atoms with E-state index in [0.29, 0.717) is 10.6 Å². The van der Waals surface area contributed by atoms with Crippen molar-refractivity contribution in [3.05, 3.63) is 45.2 Å². The summed E-state index contributed by atoms with van der Waals surface area (Å²) in [6.45, 7) is 3.19. The lowest BCUT2D eigenvalue weighted by Gasteiger charge is -2.07. The van der Waals surface area contributed by atoms with Gasteiger partial charge < -0.3 is 0 Å². The van der Waals surface area contributed by atoms with Crippen LogP contribution < -0.4 is 4.72 Å². The van der Waals surface area contributed by atoms with Crippen LogP contribution in [0, 0.1) is 6.92 Å². The predicted molar refractivity (Wildman–Crippen MR) is 84.0 cm³/mol. The molecule has 1 aromatic heterocycles. The molecule has 1 N–H and O–H groups in total. The largest absolute Gasteiger partial charge is 0.294 e. The lowest BCUT2D eigenvalue weighted by molar-refractivity contribution is 0.101. The Labute approximate surface area is 130 Å². The number of nitrogens with one attached hydrogen (secondary N) is 1. The highest BCUT2D eigenvalue weighted by molar-refractivity contribution is 9.11. The van der Waals surface area contributed by atoms with Gasteiger partial charge in [-0.25, -0.2) is 8.42 Å². The highest BCUT2D eigenvalue weighted by Crippen LogP contribution is 2.38. The molecule has 0 amide bonds. The van der Waals surface area contributed by atoms with Crippen molar-refractivity contribution in [2.45, 2.75) is 18.7 Å². The molecule has 0 aliphatic rings. The van der Waals surface area contributed by atoms with Crippen molar-refractivity contribution in [2.75, 3.05) is 4.72 Å². The van der Waals surface area contributed by atoms with E-state index in [0.717, 1.165) is 9.35 Å². The van der Waals surface area contributed by atoms with Gasteiger partial charge in [0.05, 0.1) is 14.2 Å². The minimum Gasteiger partial charge on any atom is -0.294 e. The Morgan fingerprint density at radius 1 is 1.25 bits per heavy atom. The molecule has 1 aromatic carbocycles. The number of Topliss-reactive ketones (excluding diaryl/α,β-unsaturated/α-hetero) is 1. The van der Waals surface area contributed by atoms with E-state index in [2.05, 4.69) is 20.7 Å². The van der Waals surface area contributed by atoms with Crippen LogP contribution in [0.4, 0.5) is 5.00 Å². The molecular formula is C13H12BrNO3S2. The Balaban J connectivity index is 2.46. The predicted octanol–water partition coefficient (Wildman–Crippen LogP) is 3.82. The first-order valence-electron chi connectivity index (χ1n) is 5.70. The van der Waals surface area contributed by atoms with Crippen LogP contribution in [0.2, 0.25) is 0 Å². The van der Waals surface area contributed by atoms with E-state index in [1.54, 1.807) is 25.1 Å². The van der Waals surface area contributed by atoms with Crippen LogP contribution in [-0.4, -0.2) is 14.2 Å².